The van der Waals surface area contributed by atoms with Gasteiger partial charge in [0.25, 0.3) is 11.8 Å². The van der Waals surface area contributed by atoms with Crippen LogP contribution in [0, 0.1) is 23.5 Å². The third kappa shape index (κ3) is 13.7. The van der Waals surface area contributed by atoms with Gasteiger partial charge in [-0.05, 0) is 118 Å². The summed E-state index contributed by atoms with van der Waals surface area (Å²) in [7, 11) is 0. The van der Waals surface area contributed by atoms with E-state index in [4.69, 9.17) is 19.3 Å². The van der Waals surface area contributed by atoms with Gasteiger partial charge in [0, 0.05) is 21.9 Å². The van der Waals surface area contributed by atoms with Gasteiger partial charge in [0.15, 0.2) is 0 Å². The van der Waals surface area contributed by atoms with Crippen LogP contribution in [0.25, 0.3) is 0 Å². The van der Waals surface area contributed by atoms with Crippen molar-refractivity contribution in [2.24, 2.45) is 11.8 Å². The maximum Gasteiger partial charge on any atom is 0.309 e. The highest BCUT2D eigenvalue weighted by molar-refractivity contribution is 7.98. The number of aromatic nitrogens is 2. The molecule has 2 fully saturated rings. The van der Waals surface area contributed by atoms with Crippen molar-refractivity contribution in [1.29, 1.82) is 0 Å². The van der Waals surface area contributed by atoms with Crippen molar-refractivity contribution >= 4 is 47.3 Å². The Kier molecular flexibility index (Phi) is 16.9. The number of benzene rings is 3. The van der Waals surface area contributed by atoms with Crippen LogP contribution in [0.15, 0.2) is 113 Å². The number of nitrogens with one attached hydrogen (secondary N) is 2. The smallest absolute Gasteiger partial charge is 0.309 e. The molecule has 0 atom stereocenters. The molecule has 63 heavy (non-hydrogen) atoms. The normalized spacial score (nSPS) is 18.2. The number of amides is 2. The Morgan fingerprint density at radius 2 is 1.10 bits per heavy atom. The molecule has 2 saturated carbocycles. The maximum atomic E-state index is 13.9. The topological polar surface area (TPSA) is 166 Å². The Morgan fingerprint density at radius 1 is 0.635 bits per heavy atom. The average molecular weight is 899 g/mol. The van der Waals surface area contributed by atoms with Gasteiger partial charge < -0.3 is 30.0 Å². The number of hydrogen-bond acceptors (Lipinski definition) is 11. The van der Waals surface area contributed by atoms with Crippen molar-refractivity contribution in [3.05, 3.63) is 132 Å². The van der Waals surface area contributed by atoms with Crippen LogP contribution in [0.1, 0.15) is 77.6 Å². The molecular formula is C47H48F2N4O8S2. The van der Waals surface area contributed by atoms with Crippen LogP contribution in [0.2, 0.25) is 0 Å². The number of halogens is 2. The highest BCUT2D eigenvalue weighted by Gasteiger charge is 2.30. The Labute approximate surface area is 372 Å². The fourth-order valence-electron chi connectivity index (χ4n) is 7.23. The van der Waals surface area contributed by atoms with Crippen LogP contribution >= 0.6 is 23.5 Å². The molecular weight excluding hydrogens is 851 g/mol. The Hall–Kier alpha value is -6.00. The number of carbonyl (C=O) groups is 4. The summed E-state index contributed by atoms with van der Waals surface area (Å²) in [6.07, 6.45) is 10.6. The lowest BCUT2D eigenvalue weighted by Gasteiger charge is -2.28. The summed E-state index contributed by atoms with van der Waals surface area (Å²) in [4.78, 5) is 59.1. The van der Waals surface area contributed by atoms with Crippen LogP contribution in [-0.4, -0.2) is 63.4 Å². The molecule has 0 spiro atoms. The van der Waals surface area contributed by atoms with E-state index < -0.39 is 29.4 Å². The van der Waals surface area contributed by atoms with Crippen molar-refractivity contribution in [1.82, 2.24) is 20.6 Å². The molecule has 5 aromatic rings. The molecule has 0 unspecified atom stereocenters. The van der Waals surface area contributed by atoms with Crippen LogP contribution in [0.5, 0.6) is 23.3 Å². The molecule has 0 bridgehead atoms. The molecule has 0 aliphatic heterocycles. The van der Waals surface area contributed by atoms with Crippen molar-refractivity contribution in [2.75, 3.05) is 12.5 Å². The summed E-state index contributed by atoms with van der Waals surface area (Å²) in [6.45, 7) is 0.255. The highest BCUT2D eigenvalue weighted by atomic mass is 32.2. The molecule has 2 aliphatic rings. The lowest BCUT2D eigenvalue weighted by atomic mass is 9.86. The number of carboxylic acid groups (broad SMARTS) is 1. The second-order valence-corrected chi connectivity index (χ2v) is 16.8. The van der Waals surface area contributed by atoms with E-state index in [1.54, 1.807) is 35.7 Å². The molecule has 3 N–H and O–H groups in total. The molecule has 2 aromatic heterocycles. The maximum absolute atomic E-state index is 13.9. The molecule has 2 heterocycles. The van der Waals surface area contributed by atoms with Crippen molar-refractivity contribution in [3.8, 4) is 23.3 Å². The highest BCUT2D eigenvalue weighted by Crippen LogP contribution is 2.31. The fourth-order valence-corrected chi connectivity index (χ4v) is 8.12. The van der Waals surface area contributed by atoms with Gasteiger partial charge in [0.1, 0.15) is 40.9 Å². The number of thioether (sulfide) groups is 2. The molecule has 16 heteroatoms. The second kappa shape index (κ2) is 22.9. The summed E-state index contributed by atoms with van der Waals surface area (Å²) in [6, 6.07) is 26.2. The summed E-state index contributed by atoms with van der Waals surface area (Å²) in [5, 5.41) is 14.9. The first-order valence-electron chi connectivity index (χ1n) is 20.5. The van der Waals surface area contributed by atoms with Crippen LogP contribution in [-0.2, 0) is 20.9 Å². The van der Waals surface area contributed by atoms with Crippen LogP contribution in [0.3, 0.4) is 0 Å². The van der Waals surface area contributed by atoms with Gasteiger partial charge in [-0.25, -0.2) is 18.7 Å². The van der Waals surface area contributed by atoms with Gasteiger partial charge in [0.05, 0.1) is 24.2 Å². The summed E-state index contributed by atoms with van der Waals surface area (Å²) in [5.41, 5.74) is 0.988. The molecule has 330 valence electrons. The van der Waals surface area contributed by atoms with E-state index in [2.05, 4.69) is 20.6 Å². The van der Waals surface area contributed by atoms with Crippen molar-refractivity contribution in [2.45, 2.75) is 79.8 Å². The van der Waals surface area contributed by atoms with Gasteiger partial charge in [-0.1, -0.05) is 42.5 Å². The zero-order chi connectivity index (χ0) is 44.7. The zero-order valence-corrected chi connectivity index (χ0v) is 36.4. The van der Waals surface area contributed by atoms with Crippen molar-refractivity contribution in [3.63, 3.8) is 0 Å². The Balaban J connectivity index is 0.000000215. The lowest BCUT2D eigenvalue weighted by molar-refractivity contribution is -0.151. The molecule has 0 radical (unpaired) electrons. The molecule has 7 rings (SSSR count). The van der Waals surface area contributed by atoms with Crippen molar-refractivity contribution < 1.29 is 47.3 Å². The van der Waals surface area contributed by atoms with Gasteiger partial charge in [-0.3, -0.25) is 19.2 Å². The average Bonchev–Trinajstić information content (AvgIpc) is 3.30. The number of rotatable bonds is 14. The Morgan fingerprint density at radius 3 is 1.54 bits per heavy atom. The summed E-state index contributed by atoms with van der Waals surface area (Å²) >= 11 is 3.11. The van der Waals surface area contributed by atoms with E-state index in [9.17, 15) is 28.0 Å². The Bertz CT molecular complexity index is 2360. The zero-order valence-electron chi connectivity index (χ0n) is 34.8. The van der Waals surface area contributed by atoms with Gasteiger partial charge in [-0.15, -0.1) is 23.5 Å². The molecule has 12 nitrogen and oxygen atoms in total. The van der Waals surface area contributed by atoms with E-state index in [1.165, 1.54) is 0 Å². The number of aliphatic carboxylic acids is 1. The standard InChI is InChI=1S/C27H27FN2O4S.C20H21FN2O4S/c1-35-23-9-5-8-22(15-23)34-26-24(14-20(28)16-29-26)25(31)30-21-12-10-19(11-13-21)27(32)33-17-18-6-3-2-4-7-18;1-28-16-4-2-3-15(10-16)27-19-17(9-13(21)11-22-19)18(24)23-14-7-5-12(6-8-14)20(25)26/h2-9,14-16,19,21H,10-13,17H2,1H3,(H,30,31);2-4,9-12,14H,5-8H2,1H3,(H,23,24)(H,25,26). The molecule has 3 aromatic carbocycles. The monoisotopic (exact) mass is 898 g/mol. The minimum Gasteiger partial charge on any atom is -0.481 e. The SMILES string of the molecule is CSc1cccc(Oc2ncc(F)cc2C(=O)NC2CCC(C(=O)O)CC2)c1.CSc1cccc(Oc2ncc(F)cc2C(=O)NC2CCC(C(=O)OCc3ccccc3)CC2)c1. The molecule has 2 amide bonds. The number of hydrogen-bond donors (Lipinski definition) is 3. The van der Waals surface area contributed by atoms with E-state index in [0.717, 1.165) is 39.9 Å². The number of carboxylic acids is 1. The van der Waals surface area contributed by atoms with E-state index >= 15 is 0 Å². The number of pyridine rings is 2. The first-order valence-corrected chi connectivity index (χ1v) is 22.9. The minimum absolute atomic E-state index is 0.00918. The van der Waals surface area contributed by atoms with Gasteiger partial charge >= 0.3 is 11.9 Å². The predicted octanol–water partition coefficient (Wildman–Crippen LogP) is 9.87. The molecule has 0 saturated heterocycles. The largest absolute Gasteiger partial charge is 0.481 e. The second-order valence-electron chi connectivity index (χ2n) is 15.1. The first-order chi connectivity index (χ1) is 30.5. The minimum atomic E-state index is -0.803. The number of ether oxygens (including phenoxy) is 3. The third-order valence-electron chi connectivity index (χ3n) is 10.7. The fraction of sp³-hybridized carbons (Fsp3) is 0.319. The van der Waals surface area contributed by atoms with E-state index in [0.29, 0.717) is 62.9 Å². The molecule has 2 aliphatic carbocycles. The van der Waals surface area contributed by atoms with Crippen LogP contribution < -0.4 is 20.1 Å². The summed E-state index contributed by atoms with van der Waals surface area (Å²) in [5.74, 6) is -2.69. The van der Waals surface area contributed by atoms with Gasteiger partial charge in [0.2, 0.25) is 11.8 Å². The quantitative estimate of drug-likeness (QED) is 0.0715. The lowest BCUT2D eigenvalue weighted by Crippen LogP contribution is -2.39. The number of carbonyl (C=O) groups excluding carboxylic acids is 3. The third-order valence-corrected chi connectivity index (χ3v) is 12.1. The first kappa shape index (κ1) is 46.5. The van der Waals surface area contributed by atoms with E-state index in [1.807, 2.05) is 79.2 Å². The van der Waals surface area contributed by atoms with Crippen LogP contribution in [0.4, 0.5) is 8.78 Å². The summed E-state index contributed by atoms with van der Waals surface area (Å²) < 4.78 is 44.7. The number of esters is 1. The number of nitrogens with zero attached hydrogens (tertiary/aromatic N) is 2. The predicted molar refractivity (Wildman–Crippen MR) is 235 cm³/mol. The van der Waals surface area contributed by atoms with E-state index in [-0.39, 0.29) is 59.4 Å². The van der Waals surface area contributed by atoms with Gasteiger partial charge in [-0.2, -0.15) is 0 Å².